The number of methoxy groups -OCH3 is 1. The standard InChI is InChI=1S/C25H29NO5/c1-16-10-19(14-27)11-17(2)26(16)13-21(25(8-9-25)24(28)29)20-6-7-22(30-3)23(12-20)31-15-18-4-5-18/h6-7,10-12,18,21H,4-5,8-9,13,15H2,1-3H3,(H,28,29). The minimum absolute atomic E-state index is 0.229. The Hall–Kier alpha value is -2.98. The summed E-state index contributed by atoms with van der Waals surface area (Å²) in [5.41, 5.74) is 2.46. The van der Waals surface area contributed by atoms with E-state index in [0.29, 0.717) is 49.0 Å². The topological polar surface area (TPSA) is 76.1 Å². The van der Waals surface area contributed by atoms with Crippen LogP contribution < -0.4 is 9.47 Å². The summed E-state index contributed by atoms with van der Waals surface area (Å²) in [6.45, 7) is 5.04. The Morgan fingerprint density at radius 3 is 2.42 bits per heavy atom. The first kappa shape index (κ1) is 21.3. The van der Waals surface area contributed by atoms with Crippen LogP contribution in [0.1, 0.15) is 51.0 Å². The van der Waals surface area contributed by atoms with E-state index in [4.69, 9.17) is 9.47 Å². The van der Waals surface area contributed by atoms with Gasteiger partial charge in [0.05, 0.1) is 24.7 Å². The van der Waals surface area contributed by atoms with Crippen LogP contribution in [0.3, 0.4) is 0 Å². The van der Waals surface area contributed by atoms with E-state index < -0.39 is 11.4 Å². The summed E-state index contributed by atoms with van der Waals surface area (Å²) < 4.78 is 11.5. The van der Waals surface area contributed by atoms with E-state index in [1.807, 2.05) is 38.0 Å². The molecule has 164 valence electrons. The van der Waals surface area contributed by atoms with Crippen LogP contribution in [0, 0.1) is 11.3 Å². The van der Waals surface area contributed by atoms with Gasteiger partial charge in [0, 0.05) is 23.9 Å². The molecule has 1 unspecified atom stereocenters. The monoisotopic (exact) mass is 423 g/mol. The second-order valence-electron chi connectivity index (χ2n) is 8.92. The summed E-state index contributed by atoms with van der Waals surface area (Å²) in [5, 5.41) is 10.1. The number of benzene rings is 1. The van der Waals surface area contributed by atoms with Crippen molar-refractivity contribution in [2.24, 2.45) is 11.3 Å². The van der Waals surface area contributed by atoms with E-state index in [-0.39, 0.29) is 5.92 Å². The van der Waals surface area contributed by atoms with Gasteiger partial charge in [0.2, 0.25) is 0 Å². The Bertz CT molecular complexity index is 971. The maximum absolute atomic E-state index is 12.3. The molecule has 31 heavy (non-hydrogen) atoms. The number of nitrogens with zero attached hydrogens (tertiary/aromatic N) is 1. The molecule has 1 aromatic carbocycles. The molecule has 1 aliphatic heterocycles. The number of carboxylic acid groups (broad SMARTS) is 1. The van der Waals surface area contributed by atoms with Gasteiger partial charge in [-0.15, -0.1) is 0 Å². The number of aliphatic carboxylic acids is 1. The quantitative estimate of drug-likeness (QED) is 0.597. The number of carbonyl (C=O) groups is 1. The van der Waals surface area contributed by atoms with Gasteiger partial charge >= 0.3 is 5.97 Å². The summed E-state index contributed by atoms with van der Waals surface area (Å²) in [6, 6.07) is 5.78. The first-order chi connectivity index (χ1) is 14.9. The molecule has 1 atom stereocenters. The molecule has 3 aliphatic rings. The van der Waals surface area contributed by atoms with Crippen LogP contribution in [0.15, 0.2) is 47.3 Å². The van der Waals surface area contributed by atoms with Crippen LogP contribution in [0.25, 0.3) is 0 Å². The van der Waals surface area contributed by atoms with E-state index in [2.05, 4.69) is 4.90 Å². The number of carbonyl (C=O) groups excluding carboxylic acids is 1. The lowest BCUT2D eigenvalue weighted by Crippen LogP contribution is -2.34. The van der Waals surface area contributed by atoms with Crippen LogP contribution in [0.4, 0.5) is 0 Å². The molecule has 0 spiro atoms. The fourth-order valence-corrected chi connectivity index (χ4v) is 4.42. The van der Waals surface area contributed by atoms with Gasteiger partial charge in [0.25, 0.3) is 0 Å². The summed E-state index contributed by atoms with van der Waals surface area (Å²) in [6.07, 6.45) is 7.25. The molecule has 6 heteroatoms. The number of rotatable bonds is 9. The van der Waals surface area contributed by atoms with Crippen molar-refractivity contribution in [3.8, 4) is 11.5 Å². The Balaban J connectivity index is 1.68. The van der Waals surface area contributed by atoms with Crippen LogP contribution in [-0.2, 0) is 9.59 Å². The van der Waals surface area contributed by atoms with Crippen molar-refractivity contribution in [2.75, 3.05) is 20.3 Å². The molecule has 0 bridgehead atoms. The average molecular weight is 424 g/mol. The van der Waals surface area contributed by atoms with Crippen molar-refractivity contribution >= 4 is 11.9 Å². The Morgan fingerprint density at radius 1 is 1.23 bits per heavy atom. The molecule has 6 nitrogen and oxygen atoms in total. The highest BCUT2D eigenvalue weighted by Gasteiger charge is 2.57. The number of hydrogen-bond donors (Lipinski definition) is 1. The summed E-state index contributed by atoms with van der Waals surface area (Å²) >= 11 is 0. The van der Waals surface area contributed by atoms with Gasteiger partial charge < -0.3 is 19.5 Å². The zero-order chi connectivity index (χ0) is 22.2. The van der Waals surface area contributed by atoms with Crippen molar-refractivity contribution in [2.45, 2.75) is 45.4 Å². The number of ether oxygens (including phenoxy) is 2. The van der Waals surface area contributed by atoms with Crippen LogP contribution in [0.2, 0.25) is 0 Å². The molecule has 0 amide bonds. The SMILES string of the molecule is COc1ccc(C(CN2C(C)=CC(=C=O)C=C2C)C2(C(=O)O)CC2)cc1OCC1CC1. The fraction of sp³-hybridized carbons (Fsp3) is 0.480. The maximum atomic E-state index is 12.3. The predicted octanol–water partition coefficient (Wildman–Crippen LogP) is 4.31. The summed E-state index contributed by atoms with van der Waals surface area (Å²) in [5.74, 6) is 2.89. The first-order valence-corrected chi connectivity index (χ1v) is 10.8. The molecule has 1 aromatic rings. The average Bonchev–Trinajstić information content (AvgIpc) is 3.66. The second kappa shape index (κ2) is 8.27. The number of allylic oxidation sites excluding steroid dienone is 5. The van der Waals surface area contributed by atoms with Gasteiger partial charge in [-0.25, -0.2) is 4.79 Å². The van der Waals surface area contributed by atoms with Gasteiger partial charge in [0.15, 0.2) is 11.5 Å². The molecule has 4 rings (SSSR count). The zero-order valence-electron chi connectivity index (χ0n) is 18.3. The largest absolute Gasteiger partial charge is 0.493 e. The first-order valence-electron chi connectivity index (χ1n) is 10.8. The smallest absolute Gasteiger partial charge is 0.310 e. The Labute approximate surface area is 182 Å². The van der Waals surface area contributed by atoms with Crippen molar-refractivity contribution < 1.29 is 24.2 Å². The molecule has 2 saturated carbocycles. The van der Waals surface area contributed by atoms with E-state index >= 15 is 0 Å². The van der Waals surface area contributed by atoms with Gasteiger partial charge in [-0.1, -0.05) is 6.07 Å². The summed E-state index contributed by atoms with van der Waals surface area (Å²) in [4.78, 5) is 25.5. The van der Waals surface area contributed by atoms with E-state index in [1.165, 1.54) is 12.8 Å². The van der Waals surface area contributed by atoms with Crippen molar-refractivity contribution in [3.05, 3.63) is 52.9 Å². The molecule has 0 aromatic heterocycles. The van der Waals surface area contributed by atoms with Gasteiger partial charge in [0.1, 0.15) is 5.94 Å². The molecule has 1 heterocycles. The molecule has 2 fully saturated rings. The van der Waals surface area contributed by atoms with Crippen molar-refractivity contribution in [1.82, 2.24) is 4.90 Å². The lowest BCUT2D eigenvalue weighted by atomic mass is 9.82. The maximum Gasteiger partial charge on any atom is 0.310 e. The van der Waals surface area contributed by atoms with E-state index in [9.17, 15) is 14.7 Å². The molecule has 0 radical (unpaired) electrons. The lowest BCUT2D eigenvalue weighted by Gasteiger charge is -2.35. The highest BCUT2D eigenvalue weighted by atomic mass is 16.5. The molecule has 0 saturated heterocycles. The van der Waals surface area contributed by atoms with Gasteiger partial charge in [-0.2, -0.15) is 0 Å². The van der Waals surface area contributed by atoms with Crippen LogP contribution >= 0.6 is 0 Å². The van der Waals surface area contributed by atoms with E-state index in [0.717, 1.165) is 17.0 Å². The summed E-state index contributed by atoms with van der Waals surface area (Å²) in [7, 11) is 1.62. The minimum atomic E-state index is -0.788. The predicted molar refractivity (Wildman–Crippen MR) is 117 cm³/mol. The van der Waals surface area contributed by atoms with E-state index in [1.54, 1.807) is 19.3 Å². The second-order valence-corrected chi connectivity index (χ2v) is 8.92. The zero-order valence-corrected chi connectivity index (χ0v) is 18.3. The van der Waals surface area contributed by atoms with Gasteiger partial charge in [-0.3, -0.25) is 4.79 Å². The van der Waals surface area contributed by atoms with Gasteiger partial charge in [-0.05, 0) is 75.3 Å². The number of carboxylic acids is 1. The third-order valence-electron chi connectivity index (χ3n) is 6.71. The Morgan fingerprint density at radius 2 is 1.90 bits per heavy atom. The van der Waals surface area contributed by atoms with Crippen LogP contribution in [-0.4, -0.2) is 42.2 Å². The fourth-order valence-electron chi connectivity index (χ4n) is 4.42. The molecular formula is C25H29NO5. The molecule has 2 aliphatic carbocycles. The highest BCUT2D eigenvalue weighted by Crippen LogP contribution is 2.57. The van der Waals surface area contributed by atoms with Crippen LogP contribution in [0.5, 0.6) is 11.5 Å². The highest BCUT2D eigenvalue weighted by molar-refractivity contribution is 5.79. The Kier molecular flexibility index (Phi) is 5.67. The third-order valence-corrected chi connectivity index (χ3v) is 6.71. The minimum Gasteiger partial charge on any atom is -0.493 e. The van der Waals surface area contributed by atoms with Crippen molar-refractivity contribution in [1.29, 1.82) is 0 Å². The molecule has 1 N–H and O–H groups in total. The van der Waals surface area contributed by atoms with Crippen molar-refractivity contribution in [3.63, 3.8) is 0 Å². The molecular weight excluding hydrogens is 394 g/mol. The lowest BCUT2D eigenvalue weighted by molar-refractivity contribution is -0.144. The third kappa shape index (κ3) is 4.26. The normalized spacial score (nSPS) is 20.4. The number of hydrogen-bond acceptors (Lipinski definition) is 5.